The van der Waals surface area contributed by atoms with Crippen LogP contribution >= 0.6 is 0 Å². The molecule has 0 aromatic heterocycles. The standard InChI is InChI=1S/C12H16FN/c1-8-10(6-3-7-11(8)13)12(14)9-4-2-5-9/h3,6-7,9,12H,2,4-5,14H2,1H3/t12-/m0/s1. The van der Waals surface area contributed by atoms with E-state index in [0.29, 0.717) is 11.5 Å². The minimum Gasteiger partial charge on any atom is -0.324 e. The number of hydrogen-bond acceptors (Lipinski definition) is 1. The molecule has 0 amide bonds. The highest BCUT2D eigenvalue weighted by molar-refractivity contribution is 5.30. The molecule has 0 heterocycles. The Morgan fingerprint density at radius 1 is 1.43 bits per heavy atom. The highest BCUT2D eigenvalue weighted by atomic mass is 19.1. The van der Waals surface area contributed by atoms with Crippen molar-refractivity contribution < 1.29 is 4.39 Å². The molecule has 1 nitrogen and oxygen atoms in total. The largest absolute Gasteiger partial charge is 0.324 e. The Morgan fingerprint density at radius 3 is 2.71 bits per heavy atom. The van der Waals surface area contributed by atoms with E-state index in [0.717, 1.165) is 5.56 Å². The number of rotatable bonds is 2. The quantitative estimate of drug-likeness (QED) is 0.767. The Kier molecular flexibility index (Phi) is 2.55. The molecule has 1 aromatic rings. The summed E-state index contributed by atoms with van der Waals surface area (Å²) in [5.41, 5.74) is 7.80. The minimum atomic E-state index is -0.141. The van der Waals surface area contributed by atoms with Gasteiger partial charge in [-0.3, -0.25) is 0 Å². The molecule has 76 valence electrons. The lowest BCUT2D eigenvalue weighted by molar-refractivity contribution is 0.263. The second kappa shape index (κ2) is 3.70. The first-order chi connectivity index (χ1) is 6.70. The molecule has 0 unspecified atom stereocenters. The van der Waals surface area contributed by atoms with Crippen LogP contribution in [0.1, 0.15) is 36.4 Å². The first-order valence-corrected chi connectivity index (χ1v) is 5.20. The van der Waals surface area contributed by atoms with E-state index in [9.17, 15) is 4.39 Å². The smallest absolute Gasteiger partial charge is 0.126 e. The number of halogens is 1. The Hall–Kier alpha value is -0.890. The summed E-state index contributed by atoms with van der Waals surface area (Å²) in [6, 6.07) is 5.21. The topological polar surface area (TPSA) is 26.0 Å². The average molecular weight is 193 g/mol. The fourth-order valence-electron chi connectivity index (χ4n) is 2.04. The Bertz CT molecular complexity index is 331. The average Bonchev–Trinajstić information content (AvgIpc) is 2.06. The summed E-state index contributed by atoms with van der Waals surface area (Å²) < 4.78 is 13.3. The maximum absolute atomic E-state index is 13.3. The van der Waals surface area contributed by atoms with Crippen LogP contribution in [0.5, 0.6) is 0 Å². The molecule has 1 aromatic carbocycles. The number of benzene rings is 1. The van der Waals surface area contributed by atoms with Crippen molar-refractivity contribution in [2.75, 3.05) is 0 Å². The van der Waals surface area contributed by atoms with Gasteiger partial charge in [-0.15, -0.1) is 0 Å². The van der Waals surface area contributed by atoms with Gasteiger partial charge in [-0.05, 0) is 42.9 Å². The SMILES string of the molecule is Cc1c(F)cccc1[C@@H](N)C1CCC1. The summed E-state index contributed by atoms with van der Waals surface area (Å²) in [5.74, 6) is 0.424. The van der Waals surface area contributed by atoms with Crippen LogP contribution in [0, 0.1) is 18.7 Å². The molecule has 2 N–H and O–H groups in total. The van der Waals surface area contributed by atoms with Crippen molar-refractivity contribution >= 4 is 0 Å². The zero-order valence-corrected chi connectivity index (χ0v) is 8.46. The summed E-state index contributed by atoms with van der Waals surface area (Å²) in [6.07, 6.45) is 3.65. The molecule has 1 saturated carbocycles. The van der Waals surface area contributed by atoms with E-state index < -0.39 is 0 Å². The van der Waals surface area contributed by atoms with Gasteiger partial charge in [0.15, 0.2) is 0 Å². The predicted octanol–water partition coefficient (Wildman–Crippen LogP) is 2.93. The van der Waals surface area contributed by atoms with Crippen molar-refractivity contribution in [1.82, 2.24) is 0 Å². The summed E-state index contributed by atoms with van der Waals surface area (Å²) in [4.78, 5) is 0. The predicted molar refractivity (Wildman–Crippen MR) is 55.4 cm³/mol. The Morgan fingerprint density at radius 2 is 2.14 bits per heavy atom. The van der Waals surface area contributed by atoms with Crippen molar-refractivity contribution in [2.45, 2.75) is 32.2 Å². The van der Waals surface area contributed by atoms with Crippen LogP contribution < -0.4 is 5.73 Å². The van der Waals surface area contributed by atoms with Gasteiger partial charge in [0.05, 0.1) is 0 Å². The van der Waals surface area contributed by atoms with E-state index >= 15 is 0 Å². The van der Waals surface area contributed by atoms with Gasteiger partial charge in [-0.1, -0.05) is 18.6 Å². The summed E-state index contributed by atoms with van der Waals surface area (Å²) in [6.45, 7) is 1.81. The molecule has 0 bridgehead atoms. The van der Waals surface area contributed by atoms with E-state index in [2.05, 4.69) is 0 Å². The molecular weight excluding hydrogens is 177 g/mol. The van der Waals surface area contributed by atoms with Gasteiger partial charge in [0, 0.05) is 6.04 Å². The molecule has 2 heteroatoms. The lowest BCUT2D eigenvalue weighted by Gasteiger charge is -2.32. The monoisotopic (exact) mass is 193 g/mol. The third-order valence-corrected chi connectivity index (χ3v) is 3.33. The van der Waals surface area contributed by atoms with E-state index in [1.165, 1.54) is 25.3 Å². The molecule has 1 aliphatic carbocycles. The van der Waals surface area contributed by atoms with E-state index in [4.69, 9.17) is 5.73 Å². The summed E-state index contributed by atoms with van der Waals surface area (Å²) in [5, 5.41) is 0. The van der Waals surface area contributed by atoms with Gasteiger partial charge in [0.2, 0.25) is 0 Å². The maximum Gasteiger partial charge on any atom is 0.126 e. The fourth-order valence-corrected chi connectivity index (χ4v) is 2.04. The Balaban J connectivity index is 2.26. The molecular formula is C12H16FN. The van der Waals surface area contributed by atoms with Gasteiger partial charge in [0.1, 0.15) is 5.82 Å². The van der Waals surface area contributed by atoms with Crippen LogP contribution in [0.15, 0.2) is 18.2 Å². The third kappa shape index (κ3) is 1.55. The van der Waals surface area contributed by atoms with Gasteiger partial charge in [0.25, 0.3) is 0 Å². The van der Waals surface area contributed by atoms with Crippen LogP contribution in [-0.4, -0.2) is 0 Å². The van der Waals surface area contributed by atoms with Crippen LogP contribution in [0.4, 0.5) is 4.39 Å². The van der Waals surface area contributed by atoms with Crippen molar-refractivity contribution in [3.8, 4) is 0 Å². The summed E-state index contributed by atoms with van der Waals surface area (Å²) in [7, 11) is 0. The normalized spacial score (nSPS) is 19.1. The highest BCUT2D eigenvalue weighted by Gasteiger charge is 2.26. The van der Waals surface area contributed by atoms with Crippen molar-refractivity contribution in [2.24, 2.45) is 11.7 Å². The highest BCUT2D eigenvalue weighted by Crippen LogP contribution is 2.37. The number of hydrogen-bond donors (Lipinski definition) is 1. The molecule has 0 saturated heterocycles. The second-order valence-corrected chi connectivity index (χ2v) is 4.17. The molecule has 1 fully saturated rings. The molecule has 0 aliphatic heterocycles. The van der Waals surface area contributed by atoms with Crippen LogP contribution in [0.25, 0.3) is 0 Å². The lowest BCUT2D eigenvalue weighted by atomic mass is 9.77. The van der Waals surface area contributed by atoms with Gasteiger partial charge in [-0.25, -0.2) is 4.39 Å². The lowest BCUT2D eigenvalue weighted by Crippen LogP contribution is -2.27. The zero-order chi connectivity index (χ0) is 10.1. The molecule has 14 heavy (non-hydrogen) atoms. The van der Waals surface area contributed by atoms with E-state index in [-0.39, 0.29) is 11.9 Å². The van der Waals surface area contributed by atoms with Gasteiger partial charge in [-0.2, -0.15) is 0 Å². The molecule has 1 atom stereocenters. The number of nitrogens with two attached hydrogens (primary N) is 1. The molecule has 0 radical (unpaired) electrons. The van der Waals surface area contributed by atoms with Crippen LogP contribution in [0.3, 0.4) is 0 Å². The van der Waals surface area contributed by atoms with Crippen molar-refractivity contribution in [3.05, 3.63) is 35.1 Å². The Labute approximate surface area is 84.1 Å². The molecule has 1 aliphatic rings. The first-order valence-electron chi connectivity index (χ1n) is 5.20. The van der Waals surface area contributed by atoms with Crippen molar-refractivity contribution in [1.29, 1.82) is 0 Å². The van der Waals surface area contributed by atoms with Gasteiger partial charge < -0.3 is 5.73 Å². The summed E-state index contributed by atoms with van der Waals surface area (Å²) >= 11 is 0. The van der Waals surface area contributed by atoms with Gasteiger partial charge >= 0.3 is 0 Å². The van der Waals surface area contributed by atoms with Crippen molar-refractivity contribution in [3.63, 3.8) is 0 Å². The van der Waals surface area contributed by atoms with Crippen LogP contribution in [-0.2, 0) is 0 Å². The fraction of sp³-hybridized carbons (Fsp3) is 0.500. The molecule has 2 rings (SSSR count). The van der Waals surface area contributed by atoms with E-state index in [1.54, 1.807) is 6.07 Å². The third-order valence-electron chi connectivity index (χ3n) is 3.33. The minimum absolute atomic E-state index is 0.0273. The van der Waals surface area contributed by atoms with Crippen LogP contribution in [0.2, 0.25) is 0 Å². The first kappa shape index (κ1) is 9.66. The maximum atomic E-state index is 13.3. The zero-order valence-electron chi connectivity index (χ0n) is 8.46. The second-order valence-electron chi connectivity index (χ2n) is 4.17. The van der Waals surface area contributed by atoms with E-state index in [1.807, 2.05) is 13.0 Å². The molecule has 0 spiro atoms.